The van der Waals surface area contributed by atoms with E-state index in [1.807, 2.05) is 48.6 Å². The number of hydrogen-bond acceptors (Lipinski definition) is 6. The van der Waals surface area contributed by atoms with Crippen molar-refractivity contribution in [2.75, 3.05) is 12.5 Å². The van der Waals surface area contributed by atoms with Crippen LogP contribution < -0.4 is 5.63 Å². The van der Waals surface area contributed by atoms with Crippen molar-refractivity contribution in [3.63, 3.8) is 0 Å². The summed E-state index contributed by atoms with van der Waals surface area (Å²) >= 11 is -4.32. The van der Waals surface area contributed by atoms with Crippen LogP contribution in [0.4, 0.5) is 0 Å². The fraction of sp³-hybridized carbons (Fsp3) is 0.167. The Morgan fingerprint density at radius 3 is 1.33 bits per heavy atom. The molecule has 6 nitrogen and oxygen atoms in total. The van der Waals surface area contributed by atoms with Gasteiger partial charge in [0.25, 0.3) is 0 Å². The Hall–Kier alpha value is -2.22. The molecule has 2 aliphatic rings. The van der Waals surface area contributed by atoms with Crippen LogP contribution in [0.15, 0.2) is 107 Å². The summed E-state index contributed by atoms with van der Waals surface area (Å²) in [5.74, 6) is 0.825. The molecule has 0 N–H and O–H groups in total. The topological polar surface area (TPSA) is 86.7 Å². The Morgan fingerprint density at radius 1 is 0.636 bits per heavy atom. The van der Waals surface area contributed by atoms with Gasteiger partial charge in [0, 0.05) is 0 Å². The van der Waals surface area contributed by atoms with Gasteiger partial charge >= 0.3 is 201 Å². The average Bonchev–Trinajstić information content (AvgIpc) is 3.47. The SMILES string of the molecule is CS(=O)(=O)c1cccc([O][Zr]([O]c2cccc(S(C)(=O)=O)c2)([CH]2C=CC=C2)[CH]2C=CC=C2)c1. The summed E-state index contributed by atoms with van der Waals surface area (Å²) < 4.78 is 61.6. The van der Waals surface area contributed by atoms with E-state index in [2.05, 4.69) is 0 Å². The Bertz CT molecular complexity index is 1260. The van der Waals surface area contributed by atoms with E-state index in [1.54, 1.807) is 24.3 Å². The predicted octanol–water partition coefficient (Wildman–Crippen LogP) is 4.76. The van der Waals surface area contributed by atoms with E-state index in [9.17, 15) is 16.8 Å². The number of sulfone groups is 2. The second kappa shape index (κ2) is 9.20. The fourth-order valence-corrected chi connectivity index (χ4v) is 13.8. The monoisotopic (exact) mass is 562 g/mol. The van der Waals surface area contributed by atoms with Crippen molar-refractivity contribution in [2.24, 2.45) is 0 Å². The molecule has 0 bridgehead atoms. The van der Waals surface area contributed by atoms with E-state index in [1.165, 1.54) is 24.3 Å². The third-order valence-corrected chi connectivity index (χ3v) is 16.9. The first kappa shape index (κ1) is 23.9. The van der Waals surface area contributed by atoms with Gasteiger partial charge in [-0.2, -0.15) is 0 Å². The second-order valence-corrected chi connectivity index (χ2v) is 19.9. The Morgan fingerprint density at radius 2 is 1.00 bits per heavy atom. The summed E-state index contributed by atoms with van der Waals surface area (Å²) in [5, 5.41) is 0. The summed E-state index contributed by atoms with van der Waals surface area (Å²) in [4.78, 5) is 0.323. The van der Waals surface area contributed by atoms with Crippen molar-refractivity contribution >= 4 is 19.7 Å². The summed E-state index contributed by atoms with van der Waals surface area (Å²) in [6, 6.07) is 12.8. The van der Waals surface area contributed by atoms with Crippen LogP contribution in [0.3, 0.4) is 0 Å². The molecule has 0 saturated heterocycles. The second-order valence-electron chi connectivity index (χ2n) is 8.01. The van der Waals surface area contributed by atoms with Crippen LogP contribution in [-0.2, 0) is 40.8 Å². The molecule has 0 atom stereocenters. The third kappa shape index (κ3) is 5.31. The Kier molecular flexibility index (Phi) is 6.67. The number of benzene rings is 2. The molecule has 0 aromatic heterocycles. The normalized spacial score (nSPS) is 16.5. The van der Waals surface area contributed by atoms with Gasteiger partial charge in [0.2, 0.25) is 0 Å². The predicted molar refractivity (Wildman–Crippen MR) is 124 cm³/mol. The van der Waals surface area contributed by atoms with Crippen LogP contribution in [0.25, 0.3) is 0 Å². The summed E-state index contributed by atoms with van der Waals surface area (Å²) in [5.41, 5.74) is 0. The van der Waals surface area contributed by atoms with Crippen LogP contribution in [0.2, 0.25) is 7.25 Å². The minimum absolute atomic E-state index is 0.125. The van der Waals surface area contributed by atoms with Crippen molar-refractivity contribution in [3.8, 4) is 11.5 Å². The zero-order valence-electron chi connectivity index (χ0n) is 18.2. The van der Waals surface area contributed by atoms with Gasteiger partial charge in [0.1, 0.15) is 0 Å². The first-order valence-electron chi connectivity index (χ1n) is 10.3. The first-order valence-corrected chi connectivity index (χ1v) is 18.9. The molecule has 0 heterocycles. The molecule has 2 aliphatic carbocycles. The van der Waals surface area contributed by atoms with Gasteiger partial charge in [-0.15, -0.1) is 0 Å². The Labute approximate surface area is 200 Å². The number of hydrogen-bond donors (Lipinski definition) is 0. The zero-order valence-corrected chi connectivity index (χ0v) is 22.2. The summed E-state index contributed by atoms with van der Waals surface area (Å²) in [6.07, 6.45) is 18.1. The fourth-order valence-electron chi connectivity index (χ4n) is 3.82. The number of rotatable bonds is 8. The van der Waals surface area contributed by atoms with Crippen LogP contribution in [0.5, 0.6) is 11.5 Å². The molecule has 0 aliphatic heterocycles. The molecule has 0 radical (unpaired) electrons. The van der Waals surface area contributed by atoms with Crippen LogP contribution >= 0.6 is 0 Å². The van der Waals surface area contributed by atoms with Crippen molar-refractivity contribution in [1.82, 2.24) is 0 Å². The van der Waals surface area contributed by atoms with Crippen LogP contribution in [-0.4, -0.2) is 29.3 Å². The van der Waals surface area contributed by atoms with Crippen molar-refractivity contribution in [2.45, 2.75) is 17.0 Å². The maximum absolute atomic E-state index is 12.1. The molecule has 0 unspecified atom stereocenters. The molecule has 0 saturated carbocycles. The molecular weight excluding hydrogens is 540 g/mol. The van der Waals surface area contributed by atoms with Gasteiger partial charge in [0.15, 0.2) is 0 Å². The van der Waals surface area contributed by atoms with E-state index >= 15 is 0 Å². The standard InChI is InChI=1S/2C7H8O3S.2C5H5.Zr/c2*1-11(9,10)7-4-2-3-6(8)5-7;2*1-2-4-5-3-1;/h2*2-5,8H,1H3;2*1-5H;/q;;;;+2/p-2. The molecule has 9 heteroatoms. The minimum atomic E-state index is -4.32. The van der Waals surface area contributed by atoms with Crippen molar-refractivity contribution < 1.29 is 43.6 Å². The van der Waals surface area contributed by atoms with E-state index < -0.39 is 40.8 Å². The number of allylic oxidation sites excluding steroid dienone is 8. The van der Waals surface area contributed by atoms with Crippen molar-refractivity contribution in [3.05, 3.63) is 97.1 Å². The summed E-state index contributed by atoms with van der Waals surface area (Å²) in [6.45, 7) is 0. The third-order valence-electron chi connectivity index (χ3n) is 5.45. The van der Waals surface area contributed by atoms with Gasteiger partial charge in [-0.3, -0.25) is 0 Å². The van der Waals surface area contributed by atoms with Crippen molar-refractivity contribution in [1.29, 1.82) is 0 Å². The quantitative estimate of drug-likeness (QED) is 0.460. The van der Waals surface area contributed by atoms with Gasteiger partial charge in [-0.1, -0.05) is 0 Å². The molecule has 0 amide bonds. The van der Waals surface area contributed by atoms with Gasteiger partial charge < -0.3 is 0 Å². The van der Waals surface area contributed by atoms with E-state index in [4.69, 9.17) is 5.63 Å². The van der Waals surface area contributed by atoms with Crippen LogP contribution in [0.1, 0.15) is 0 Å². The molecule has 33 heavy (non-hydrogen) atoms. The van der Waals surface area contributed by atoms with E-state index in [0.717, 1.165) is 12.5 Å². The van der Waals surface area contributed by atoms with Crippen LogP contribution in [0, 0.1) is 0 Å². The average molecular weight is 564 g/mol. The molecular formula is C24H24O6S2Zr. The van der Waals surface area contributed by atoms with Gasteiger partial charge in [-0.05, 0) is 0 Å². The molecule has 2 aromatic carbocycles. The molecule has 0 fully saturated rings. The van der Waals surface area contributed by atoms with E-state index in [-0.39, 0.29) is 17.0 Å². The first-order chi connectivity index (χ1) is 15.6. The van der Waals surface area contributed by atoms with Gasteiger partial charge in [0.05, 0.1) is 0 Å². The van der Waals surface area contributed by atoms with Gasteiger partial charge in [-0.25, -0.2) is 0 Å². The Balaban J connectivity index is 1.84. The summed E-state index contributed by atoms with van der Waals surface area (Å²) in [7, 11) is -6.84. The molecule has 0 spiro atoms. The zero-order chi connectivity index (χ0) is 23.7. The molecule has 4 rings (SSSR count). The molecule has 2 aromatic rings. The maximum atomic E-state index is 12.1. The molecule has 172 valence electrons. The van der Waals surface area contributed by atoms with E-state index in [0.29, 0.717) is 11.5 Å².